The molecule has 148 valence electrons. The number of aromatic nitrogens is 2. The molecule has 2 aromatic heterocycles. The average molecular weight is 395 g/mol. The fraction of sp³-hybridized carbons (Fsp3) is 0.190. The Labute approximate surface area is 166 Å². The minimum Gasteiger partial charge on any atom is -0.355 e. The number of anilines is 3. The van der Waals surface area contributed by atoms with E-state index in [0.717, 1.165) is 18.0 Å². The molecule has 3 aromatic rings. The quantitative estimate of drug-likeness (QED) is 0.733. The van der Waals surface area contributed by atoms with Crippen molar-refractivity contribution >= 4 is 23.1 Å². The largest absolute Gasteiger partial charge is 0.355 e. The van der Waals surface area contributed by atoms with Gasteiger partial charge in [0.05, 0.1) is 0 Å². The molecule has 0 aliphatic carbocycles. The van der Waals surface area contributed by atoms with Gasteiger partial charge in [-0.2, -0.15) is 0 Å². The Balaban J connectivity index is 1.41. The van der Waals surface area contributed by atoms with Gasteiger partial charge >= 0.3 is 0 Å². The van der Waals surface area contributed by atoms with Crippen LogP contribution in [0.25, 0.3) is 0 Å². The van der Waals surface area contributed by atoms with E-state index in [9.17, 15) is 13.6 Å². The lowest BCUT2D eigenvalue weighted by Gasteiger charge is -2.35. The third kappa shape index (κ3) is 4.31. The summed E-state index contributed by atoms with van der Waals surface area (Å²) in [5.74, 6) is -1.12. The first-order valence-electron chi connectivity index (χ1n) is 9.23. The van der Waals surface area contributed by atoms with Crippen LogP contribution in [0.15, 0.2) is 60.9 Å². The van der Waals surface area contributed by atoms with Crippen LogP contribution in [0.1, 0.15) is 10.5 Å². The standard InChI is InChI=1S/C21H19F2N5O/c22-17-5-4-15(13-18(17)23)26-16-6-8-24-19(14-16)21(29)28-11-9-27(10-12-28)20-3-1-2-7-25-20/h1-8,13-14H,9-12H2,(H,24,26). The van der Waals surface area contributed by atoms with Crippen LogP contribution in [0.3, 0.4) is 0 Å². The number of nitrogens with zero attached hydrogens (tertiary/aromatic N) is 4. The second-order valence-corrected chi connectivity index (χ2v) is 6.65. The number of hydrogen-bond acceptors (Lipinski definition) is 5. The zero-order chi connectivity index (χ0) is 20.2. The summed E-state index contributed by atoms with van der Waals surface area (Å²) in [5.41, 5.74) is 1.25. The van der Waals surface area contributed by atoms with Crippen molar-refractivity contribution in [3.63, 3.8) is 0 Å². The van der Waals surface area contributed by atoms with Crippen LogP contribution in [0, 0.1) is 11.6 Å². The summed E-state index contributed by atoms with van der Waals surface area (Å²) in [4.78, 5) is 25.2. The first-order chi connectivity index (χ1) is 14.1. The van der Waals surface area contributed by atoms with Gasteiger partial charge in [-0.15, -0.1) is 0 Å². The number of piperazine rings is 1. The Hall–Kier alpha value is -3.55. The van der Waals surface area contributed by atoms with Crippen molar-refractivity contribution in [2.75, 3.05) is 36.4 Å². The molecule has 1 aromatic carbocycles. The van der Waals surface area contributed by atoms with Crippen LogP contribution in [-0.4, -0.2) is 47.0 Å². The highest BCUT2D eigenvalue weighted by atomic mass is 19.2. The molecule has 0 bridgehead atoms. The zero-order valence-electron chi connectivity index (χ0n) is 15.6. The molecule has 6 nitrogen and oxygen atoms in total. The van der Waals surface area contributed by atoms with Gasteiger partial charge in [0.25, 0.3) is 5.91 Å². The summed E-state index contributed by atoms with van der Waals surface area (Å²) in [7, 11) is 0. The van der Waals surface area contributed by atoms with Crippen LogP contribution in [0.2, 0.25) is 0 Å². The zero-order valence-corrected chi connectivity index (χ0v) is 15.6. The van der Waals surface area contributed by atoms with Crippen LogP contribution < -0.4 is 10.2 Å². The van der Waals surface area contributed by atoms with Gasteiger partial charge < -0.3 is 15.1 Å². The summed E-state index contributed by atoms with van der Waals surface area (Å²) in [6.45, 7) is 2.51. The molecule has 4 rings (SSSR count). The number of hydrogen-bond donors (Lipinski definition) is 1. The van der Waals surface area contributed by atoms with Gasteiger partial charge in [-0.25, -0.2) is 13.8 Å². The highest BCUT2D eigenvalue weighted by Gasteiger charge is 2.23. The van der Waals surface area contributed by atoms with Crippen molar-refractivity contribution in [2.45, 2.75) is 0 Å². The van der Waals surface area contributed by atoms with Gasteiger partial charge in [-0.3, -0.25) is 9.78 Å². The van der Waals surface area contributed by atoms with E-state index in [0.29, 0.717) is 43.2 Å². The predicted octanol–water partition coefficient (Wildman–Crippen LogP) is 3.46. The second kappa shape index (κ2) is 8.22. The molecule has 1 aliphatic rings. The van der Waals surface area contributed by atoms with Crippen molar-refractivity contribution in [2.24, 2.45) is 0 Å². The number of halogens is 2. The number of nitrogens with one attached hydrogen (secondary N) is 1. The molecular weight excluding hydrogens is 376 g/mol. The number of pyridine rings is 2. The third-order valence-electron chi connectivity index (χ3n) is 4.73. The fourth-order valence-electron chi connectivity index (χ4n) is 3.21. The van der Waals surface area contributed by atoms with E-state index in [4.69, 9.17) is 0 Å². The molecule has 0 radical (unpaired) electrons. The summed E-state index contributed by atoms with van der Waals surface area (Å²) >= 11 is 0. The van der Waals surface area contributed by atoms with Crippen molar-refractivity contribution in [3.05, 3.63) is 78.3 Å². The van der Waals surface area contributed by atoms with Crippen LogP contribution in [0.5, 0.6) is 0 Å². The summed E-state index contributed by atoms with van der Waals surface area (Å²) in [6, 6.07) is 12.6. The lowest BCUT2D eigenvalue weighted by Crippen LogP contribution is -2.49. The smallest absolute Gasteiger partial charge is 0.272 e. The number of amides is 1. The first kappa shape index (κ1) is 18.8. The normalized spacial score (nSPS) is 14.0. The van der Waals surface area contributed by atoms with E-state index in [-0.39, 0.29) is 5.91 Å². The molecule has 0 spiro atoms. The molecular formula is C21H19F2N5O. The lowest BCUT2D eigenvalue weighted by atomic mass is 10.2. The molecule has 1 N–H and O–H groups in total. The highest BCUT2D eigenvalue weighted by Crippen LogP contribution is 2.20. The van der Waals surface area contributed by atoms with E-state index >= 15 is 0 Å². The summed E-state index contributed by atoms with van der Waals surface area (Å²) in [5, 5.41) is 2.96. The van der Waals surface area contributed by atoms with Gasteiger partial charge in [-0.05, 0) is 36.4 Å². The maximum Gasteiger partial charge on any atom is 0.272 e. The van der Waals surface area contributed by atoms with E-state index in [1.165, 1.54) is 12.3 Å². The van der Waals surface area contributed by atoms with Crippen molar-refractivity contribution in [1.29, 1.82) is 0 Å². The molecule has 3 heterocycles. The van der Waals surface area contributed by atoms with E-state index < -0.39 is 11.6 Å². The maximum absolute atomic E-state index is 13.4. The molecule has 0 atom stereocenters. The van der Waals surface area contributed by atoms with Crippen molar-refractivity contribution < 1.29 is 13.6 Å². The summed E-state index contributed by atoms with van der Waals surface area (Å²) in [6.07, 6.45) is 3.27. The Morgan fingerprint density at radius 2 is 1.66 bits per heavy atom. The van der Waals surface area contributed by atoms with Gasteiger partial charge in [0.1, 0.15) is 11.5 Å². The molecule has 29 heavy (non-hydrogen) atoms. The predicted molar refractivity (Wildman–Crippen MR) is 106 cm³/mol. The van der Waals surface area contributed by atoms with Crippen LogP contribution in [-0.2, 0) is 0 Å². The van der Waals surface area contributed by atoms with Crippen molar-refractivity contribution in [3.8, 4) is 0 Å². The Kier molecular flexibility index (Phi) is 5.33. The number of carbonyl (C=O) groups excluding carboxylic acids is 1. The third-order valence-corrected chi connectivity index (χ3v) is 4.73. The average Bonchev–Trinajstić information content (AvgIpc) is 2.77. The van der Waals surface area contributed by atoms with Crippen LogP contribution in [0.4, 0.5) is 26.0 Å². The van der Waals surface area contributed by atoms with E-state index in [2.05, 4.69) is 20.2 Å². The van der Waals surface area contributed by atoms with E-state index in [1.807, 2.05) is 18.2 Å². The molecule has 1 saturated heterocycles. The van der Waals surface area contributed by atoms with Gasteiger partial charge in [0.15, 0.2) is 11.6 Å². The molecule has 0 saturated carbocycles. The molecule has 8 heteroatoms. The minimum atomic E-state index is -0.939. The molecule has 1 aliphatic heterocycles. The van der Waals surface area contributed by atoms with Crippen molar-refractivity contribution in [1.82, 2.24) is 14.9 Å². The SMILES string of the molecule is O=C(c1cc(Nc2ccc(F)c(F)c2)ccn1)N1CCN(c2ccccn2)CC1. The summed E-state index contributed by atoms with van der Waals surface area (Å²) < 4.78 is 26.5. The lowest BCUT2D eigenvalue weighted by molar-refractivity contribution is 0.0740. The second-order valence-electron chi connectivity index (χ2n) is 6.65. The Bertz CT molecular complexity index is 1010. The van der Waals surface area contributed by atoms with Crippen LogP contribution >= 0.6 is 0 Å². The van der Waals surface area contributed by atoms with Gasteiger partial charge in [-0.1, -0.05) is 6.07 Å². The fourth-order valence-corrected chi connectivity index (χ4v) is 3.21. The molecule has 1 amide bonds. The topological polar surface area (TPSA) is 61.4 Å². The number of rotatable bonds is 4. The Morgan fingerprint density at radius 3 is 2.38 bits per heavy atom. The maximum atomic E-state index is 13.4. The highest BCUT2D eigenvalue weighted by molar-refractivity contribution is 5.93. The Morgan fingerprint density at radius 1 is 0.862 bits per heavy atom. The first-order valence-corrected chi connectivity index (χ1v) is 9.23. The number of carbonyl (C=O) groups is 1. The minimum absolute atomic E-state index is 0.167. The number of benzene rings is 1. The molecule has 0 unspecified atom stereocenters. The molecule has 1 fully saturated rings. The van der Waals surface area contributed by atoms with E-state index in [1.54, 1.807) is 23.2 Å². The van der Waals surface area contributed by atoms with Gasteiger partial charge in [0, 0.05) is 56.0 Å². The monoisotopic (exact) mass is 395 g/mol. The van der Waals surface area contributed by atoms with Gasteiger partial charge in [0.2, 0.25) is 0 Å².